The number of thiophene rings is 1. The van der Waals surface area contributed by atoms with E-state index in [2.05, 4.69) is 20.8 Å². The second-order valence-corrected chi connectivity index (χ2v) is 10.8. The first-order chi connectivity index (χ1) is 20.7. The lowest BCUT2D eigenvalue weighted by Crippen LogP contribution is -2.28. The van der Waals surface area contributed by atoms with Gasteiger partial charge in [-0.05, 0) is 49.7 Å². The van der Waals surface area contributed by atoms with Crippen LogP contribution in [0.15, 0.2) is 36.4 Å². The number of rotatable bonds is 2. The van der Waals surface area contributed by atoms with E-state index in [0.717, 1.165) is 11.3 Å². The topological polar surface area (TPSA) is 155 Å². The standard InChI is InChI=1S/C30H20N4O8S/c1-11-19-23(39-3)15-9-13(5-7-17(15)31-11)21-22(33-27(19)35)26-30(38)42-34-28(36)20-12(2)32-18-8-6-14(10-16(18)24(20)40-4)41-29(37)25(21)43-26/h5-10H,1-4H3,(H,33,35)(H,34,36). The van der Waals surface area contributed by atoms with Crippen molar-refractivity contribution in [3.8, 4) is 28.4 Å². The summed E-state index contributed by atoms with van der Waals surface area (Å²) in [6, 6.07) is 9.92. The highest BCUT2D eigenvalue weighted by Crippen LogP contribution is 2.46. The second-order valence-electron chi connectivity index (χ2n) is 9.80. The zero-order valence-corrected chi connectivity index (χ0v) is 23.8. The van der Waals surface area contributed by atoms with Crippen molar-refractivity contribution in [1.82, 2.24) is 15.4 Å². The fourth-order valence-corrected chi connectivity index (χ4v) is 6.52. The van der Waals surface area contributed by atoms with Gasteiger partial charge in [0.15, 0.2) is 0 Å². The highest BCUT2D eigenvalue weighted by atomic mass is 32.1. The number of carbonyl (C=O) groups is 4. The molecule has 0 atom stereocenters. The third-order valence-corrected chi connectivity index (χ3v) is 8.47. The number of pyridine rings is 2. The number of benzene rings is 2. The number of methoxy groups -OCH3 is 2. The van der Waals surface area contributed by atoms with E-state index >= 15 is 0 Å². The number of ether oxygens (including phenoxy) is 3. The van der Waals surface area contributed by atoms with Gasteiger partial charge in [-0.15, -0.1) is 11.3 Å². The lowest BCUT2D eigenvalue weighted by molar-refractivity contribution is 0.0234. The van der Waals surface area contributed by atoms with Gasteiger partial charge in [0.2, 0.25) is 0 Å². The zero-order valence-electron chi connectivity index (χ0n) is 23.0. The van der Waals surface area contributed by atoms with Crippen molar-refractivity contribution in [1.29, 1.82) is 0 Å². The number of nitrogens with one attached hydrogen (secondary N) is 2. The molecule has 2 amide bonds. The molecule has 12 nitrogen and oxygen atoms in total. The number of aryl methyl sites for hydroxylation is 2. The van der Waals surface area contributed by atoms with Crippen molar-refractivity contribution in [3.05, 3.63) is 68.7 Å². The van der Waals surface area contributed by atoms with Crippen LogP contribution in [0.4, 0.5) is 5.69 Å². The predicted molar refractivity (Wildman–Crippen MR) is 155 cm³/mol. The van der Waals surface area contributed by atoms with Crippen LogP contribution in [-0.2, 0) is 4.84 Å². The van der Waals surface area contributed by atoms with Gasteiger partial charge in [0, 0.05) is 16.3 Å². The first-order valence-corrected chi connectivity index (χ1v) is 13.7. The molecule has 43 heavy (non-hydrogen) atoms. The number of fused-ring (bicyclic) bond motifs is 10. The van der Waals surface area contributed by atoms with Gasteiger partial charge < -0.3 is 24.4 Å². The molecule has 0 saturated heterocycles. The van der Waals surface area contributed by atoms with Gasteiger partial charge in [-0.2, -0.15) is 5.48 Å². The van der Waals surface area contributed by atoms with Crippen LogP contribution in [-0.4, -0.2) is 47.9 Å². The van der Waals surface area contributed by atoms with Crippen LogP contribution in [0.25, 0.3) is 32.9 Å². The minimum absolute atomic E-state index is 0.00534. The Bertz CT molecular complexity index is 2120. The van der Waals surface area contributed by atoms with Crippen molar-refractivity contribution in [2.45, 2.75) is 13.8 Å². The van der Waals surface area contributed by atoms with Gasteiger partial charge in [-0.25, -0.2) is 9.59 Å². The monoisotopic (exact) mass is 596 g/mol. The summed E-state index contributed by atoms with van der Waals surface area (Å²) in [6.07, 6.45) is 0. The second kappa shape index (κ2) is 9.49. The van der Waals surface area contributed by atoms with Crippen molar-refractivity contribution in [2.24, 2.45) is 0 Å². The molecule has 0 spiro atoms. The quantitative estimate of drug-likeness (QED) is 0.216. The van der Waals surface area contributed by atoms with Crippen LogP contribution in [0.1, 0.15) is 51.4 Å². The lowest BCUT2D eigenvalue weighted by atomic mass is 10.0. The maximum Gasteiger partial charge on any atom is 0.375 e. The van der Waals surface area contributed by atoms with E-state index in [1.54, 1.807) is 44.2 Å². The number of esters is 1. The summed E-state index contributed by atoms with van der Waals surface area (Å²) in [6.45, 7) is 3.28. The molecule has 2 N–H and O–H groups in total. The SMILES string of the molecule is COc1c2c(C)nc3ccc(cc13)OC(=O)c1sc(c3c1-c1ccc4nc(C)c(c(OC)c4c1)C(=O)N3)C(=O)ONC2=O. The molecule has 0 unspecified atom stereocenters. The van der Waals surface area contributed by atoms with Crippen LogP contribution < -0.4 is 25.0 Å². The summed E-state index contributed by atoms with van der Waals surface area (Å²) in [7, 11) is 2.83. The summed E-state index contributed by atoms with van der Waals surface area (Å²) in [5.41, 5.74) is 4.86. The fraction of sp³-hybridized carbons (Fsp3) is 0.133. The Labute approximate surface area is 246 Å². The van der Waals surface area contributed by atoms with Crippen molar-refractivity contribution in [2.75, 3.05) is 19.5 Å². The summed E-state index contributed by atoms with van der Waals surface area (Å²) in [4.78, 5) is 68.4. The lowest BCUT2D eigenvalue weighted by Gasteiger charge is -2.15. The number of aromatic nitrogens is 2. The molecule has 7 rings (SSSR count). The average molecular weight is 597 g/mol. The van der Waals surface area contributed by atoms with Crippen LogP contribution in [0, 0.1) is 13.8 Å². The number of amides is 2. The van der Waals surface area contributed by atoms with Gasteiger partial charge >= 0.3 is 11.9 Å². The van der Waals surface area contributed by atoms with E-state index in [-0.39, 0.29) is 43.6 Å². The highest BCUT2D eigenvalue weighted by Gasteiger charge is 2.34. The number of carbonyl (C=O) groups excluding carboxylic acids is 4. The normalized spacial score (nSPS) is 14.0. The van der Waals surface area contributed by atoms with E-state index in [9.17, 15) is 19.2 Å². The van der Waals surface area contributed by atoms with Crippen LogP contribution >= 0.6 is 11.3 Å². The molecule has 13 heteroatoms. The maximum atomic E-state index is 13.8. The van der Waals surface area contributed by atoms with Crippen molar-refractivity contribution in [3.63, 3.8) is 0 Å². The van der Waals surface area contributed by atoms with E-state index in [4.69, 9.17) is 19.0 Å². The van der Waals surface area contributed by atoms with Crippen LogP contribution in [0.5, 0.6) is 17.2 Å². The minimum atomic E-state index is -1.02. The molecule has 3 aromatic heterocycles. The van der Waals surface area contributed by atoms with Gasteiger partial charge in [0.1, 0.15) is 38.1 Å². The Morgan fingerprint density at radius 3 is 2.05 bits per heavy atom. The summed E-state index contributed by atoms with van der Waals surface area (Å²) in [5, 5.41) is 3.71. The number of hydroxylamine groups is 1. The third kappa shape index (κ3) is 3.89. The first-order valence-electron chi connectivity index (χ1n) is 12.9. The summed E-state index contributed by atoms with van der Waals surface area (Å²) in [5.74, 6) is -2.62. The Morgan fingerprint density at radius 1 is 0.744 bits per heavy atom. The maximum absolute atomic E-state index is 13.8. The smallest absolute Gasteiger partial charge is 0.375 e. The van der Waals surface area contributed by atoms with Gasteiger partial charge in [0.25, 0.3) is 11.8 Å². The van der Waals surface area contributed by atoms with E-state index in [1.807, 2.05) is 0 Å². The van der Waals surface area contributed by atoms with E-state index in [0.29, 0.717) is 44.5 Å². The van der Waals surface area contributed by atoms with Crippen LogP contribution in [0.3, 0.4) is 0 Å². The highest BCUT2D eigenvalue weighted by molar-refractivity contribution is 7.17. The van der Waals surface area contributed by atoms with Gasteiger partial charge in [-0.1, -0.05) is 6.07 Å². The molecule has 2 aliphatic rings. The molecule has 0 aliphatic carbocycles. The molecule has 8 bridgehead atoms. The predicted octanol–water partition coefficient (Wildman–Crippen LogP) is 4.75. The average Bonchev–Trinajstić information content (AvgIpc) is 3.36. The Kier molecular flexibility index (Phi) is 5.82. The Morgan fingerprint density at radius 2 is 1.37 bits per heavy atom. The molecular weight excluding hydrogens is 576 g/mol. The summed E-state index contributed by atoms with van der Waals surface area (Å²) < 4.78 is 17.0. The molecule has 2 aromatic carbocycles. The van der Waals surface area contributed by atoms with Crippen molar-refractivity contribution >= 4 is 62.6 Å². The fourth-order valence-electron chi connectivity index (χ4n) is 5.49. The summed E-state index contributed by atoms with van der Waals surface area (Å²) >= 11 is 0.763. The number of anilines is 1. The molecule has 0 saturated carbocycles. The molecule has 0 fully saturated rings. The minimum Gasteiger partial charge on any atom is -0.495 e. The first kappa shape index (κ1) is 26.3. The third-order valence-electron chi connectivity index (χ3n) is 7.32. The molecular formula is C30H20N4O8S. The van der Waals surface area contributed by atoms with Gasteiger partial charge in [0.05, 0.1) is 42.3 Å². The molecule has 214 valence electrons. The van der Waals surface area contributed by atoms with E-state index in [1.165, 1.54) is 20.3 Å². The number of hydrogen-bond donors (Lipinski definition) is 2. The van der Waals surface area contributed by atoms with E-state index < -0.39 is 23.8 Å². The molecule has 5 heterocycles. The molecule has 5 aromatic rings. The number of hydrogen-bond acceptors (Lipinski definition) is 11. The van der Waals surface area contributed by atoms with Gasteiger partial charge in [-0.3, -0.25) is 19.6 Å². The Hall–Kier alpha value is -5.56. The largest absolute Gasteiger partial charge is 0.495 e. The molecule has 0 radical (unpaired) electrons. The van der Waals surface area contributed by atoms with Crippen LogP contribution in [0.2, 0.25) is 0 Å². The zero-order chi connectivity index (χ0) is 30.2. The number of nitrogens with zero attached hydrogens (tertiary/aromatic N) is 2. The Balaban J connectivity index is 1.48. The van der Waals surface area contributed by atoms with Crippen molar-refractivity contribution < 1.29 is 38.2 Å². The molecule has 2 aliphatic heterocycles.